The van der Waals surface area contributed by atoms with Gasteiger partial charge in [-0.15, -0.1) is 5.10 Å². The number of carbonyl (C=O) groups is 2. The van der Waals surface area contributed by atoms with Gasteiger partial charge < -0.3 is 19.7 Å². The average Bonchev–Trinajstić information content (AvgIpc) is 3.54. The van der Waals surface area contributed by atoms with Gasteiger partial charge in [0, 0.05) is 25.3 Å². The first kappa shape index (κ1) is 25.4. The lowest BCUT2D eigenvalue weighted by Crippen LogP contribution is -2.38. The number of carbonyl (C=O) groups excluding carboxylic acids is 2. The predicted molar refractivity (Wildman–Crippen MR) is 132 cm³/mol. The van der Waals surface area contributed by atoms with Crippen LogP contribution in [0.1, 0.15) is 76.0 Å². The summed E-state index contributed by atoms with van der Waals surface area (Å²) in [5, 5.41) is 15.6. The lowest BCUT2D eigenvalue weighted by Gasteiger charge is -2.26. The maximum atomic E-state index is 12.3. The van der Waals surface area contributed by atoms with Gasteiger partial charge in [0.15, 0.2) is 5.65 Å². The minimum atomic E-state index is -0.542. The number of hydrogen-bond acceptors (Lipinski definition) is 9. The van der Waals surface area contributed by atoms with Gasteiger partial charge in [-0.05, 0) is 59.9 Å². The summed E-state index contributed by atoms with van der Waals surface area (Å²) >= 11 is 0. The number of esters is 1. The molecule has 1 aliphatic heterocycles. The number of aryl methyl sites for hydroxylation is 1. The minimum absolute atomic E-state index is 0.0398. The van der Waals surface area contributed by atoms with Crippen LogP contribution in [0.15, 0.2) is 24.7 Å². The van der Waals surface area contributed by atoms with E-state index in [9.17, 15) is 9.59 Å². The topological polar surface area (TPSA) is 129 Å². The van der Waals surface area contributed by atoms with Crippen LogP contribution in [0.25, 0.3) is 5.65 Å². The fourth-order valence-electron chi connectivity index (χ4n) is 4.31. The monoisotopic (exact) mass is 498 g/mol. The lowest BCUT2D eigenvalue weighted by molar-refractivity contribution is 0.0500. The highest BCUT2D eigenvalue weighted by Gasteiger charge is 2.31. The Balaban J connectivity index is 1.47. The molecule has 4 heterocycles. The third kappa shape index (κ3) is 5.74. The van der Waals surface area contributed by atoms with E-state index < -0.39 is 17.7 Å². The fraction of sp³-hybridized carbons (Fsp3) is 0.583. The molecule has 12 heteroatoms. The van der Waals surface area contributed by atoms with Gasteiger partial charge in [-0.25, -0.2) is 23.8 Å². The summed E-state index contributed by atoms with van der Waals surface area (Å²) in [6.07, 6.45) is 7.23. The van der Waals surface area contributed by atoms with Crippen molar-refractivity contribution in [3.8, 4) is 0 Å². The molecule has 0 spiro atoms. The molecular formula is C24H34N8O4. The third-order valence-electron chi connectivity index (χ3n) is 5.92. The fourth-order valence-corrected chi connectivity index (χ4v) is 4.31. The molecule has 1 saturated heterocycles. The zero-order chi connectivity index (χ0) is 25.9. The van der Waals surface area contributed by atoms with Crippen molar-refractivity contribution in [3.63, 3.8) is 0 Å². The number of nitrogens with zero attached hydrogens (tertiary/aromatic N) is 7. The van der Waals surface area contributed by atoms with Crippen LogP contribution in [0.2, 0.25) is 0 Å². The second kappa shape index (κ2) is 10.5. The summed E-state index contributed by atoms with van der Waals surface area (Å²) in [4.78, 5) is 31.4. The number of rotatable bonds is 8. The van der Waals surface area contributed by atoms with E-state index in [0.29, 0.717) is 24.2 Å². The number of anilines is 1. The average molecular weight is 499 g/mol. The molecule has 1 amide bonds. The molecule has 1 fully saturated rings. The van der Waals surface area contributed by atoms with Gasteiger partial charge in [-0.1, -0.05) is 5.21 Å². The van der Waals surface area contributed by atoms with Crippen molar-refractivity contribution < 1.29 is 19.1 Å². The highest BCUT2D eigenvalue weighted by atomic mass is 16.6. The van der Waals surface area contributed by atoms with Crippen LogP contribution < -0.4 is 10.2 Å². The van der Waals surface area contributed by atoms with E-state index in [1.165, 1.54) is 6.20 Å². The zero-order valence-corrected chi connectivity index (χ0v) is 21.5. The Labute approximate surface area is 210 Å². The van der Waals surface area contributed by atoms with Crippen LogP contribution in [0.4, 0.5) is 10.6 Å². The molecule has 36 heavy (non-hydrogen) atoms. The summed E-state index contributed by atoms with van der Waals surface area (Å²) in [6.45, 7) is 10.9. The molecule has 4 rings (SSSR count). The molecular weight excluding hydrogens is 464 g/mol. The molecule has 0 saturated carbocycles. The second-order valence-corrected chi connectivity index (χ2v) is 9.90. The van der Waals surface area contributed by atoms with Gasteiger partial charge in [-0.3, -0.25) is 0 Å². The molecule has 1 aliphatic rings. The smallest absolute Gasteiger partial charge is 0.407 e. The number of alkyl carbamates (subject to hydrolysis) is 1. The number of amides is 1. The lowest BCUT2D eigenvalue weighted by atomic mass is 10.1. The summed E-state index contributed by atoms with van der Waals surface area (Å²) in [6, 6.07) is 1.84. The first-order valence-electron chi connectivity index (χ1n) is 12.3. The van der Waals surface area contributed by atoms with Crippen molar-refractivity contribution in [1.82, 2.24) is 34.9 Å². The first-order valence-corrected chi connectivity index (χ1v) is 12.3. The highest BCUT2D eigenvalue weighted by molar-refractivity contribution is 5.95. The number of hydrogen-bond donors (Lipinski definition) is 1. The van der Waals surface area contributed by atoms with Crippen LogP contribution in [-0.2, 0) is 16.0 Å². The summed E-state index contributed by atoms with van der Waals surface area (Å²) in [5.41, 5.74) is 1.25. The summed E-state index contributed by atoms with van der Waals surface area (Å²) in [7, 11) is 0. The van der Waals surface area contributed by atoms with Gasteiger partial charge in [0.1, 0.15) is 17.0 Å². The Morgan fingerprint density at radius 3 is 2.83 bits per heavy atom. The molecule has 2 atom stereocenters. The number of ether oxygens (including phenoxy) is 2. The van der Waals surface area contributed by atoms with Crippen LogP contribution >= 0.6 is 0 Å². The molecule has 0 unspecified atom stereocenters. The van der Waals surface area contributed by atoms with Crippen LogP contribution in [-0.4, -0.2) is 66.4 Å². The van der Waals surface area contributed by atoms with Crippen molar-refractivity contribution in [2.45, 2.75) is 78.1 Å². The quantitative estimate of drug-likeness (QED) is 0.466. The maximum absolute atomic E-state index is 12.3. The van der Waals surface area contributed by atoms with Crippen LogP contribution in [0.5, 0.6) is 0 Å². The van der Waals surface area contributed by atoms with Crippen LogP contribution in [0.3, 0.4) is 0 Å². The third-order valence-corrected chi connectivity index (χ3v) is 5.92. The van der Waals surface area contributed by atoms with Crippen molar-refractivity contribution in [3.05, 3.63) is 35.9 Å². The largest absolute Gasteiger partial charge is 0.462 e. The van der Waals surface area contributed by atoms with E-state index in [-0.39, 0.29) is 18.7 Å². The first-order chi connectivity index (χ1) is 17.2. The number of fused-ring (bicyclic) bond motifs is 1. The van der Waals surface area contributed by atoms with Gasteiger partial charge in [0.2, 0.25) is 0 Å². The second-order valence-electron chi connectivity index (χ2n) is 9.90. The SMILES string of the molecule is CCOC(=O)c1cnn2ccc(N3CCC[C@@H]3c3cnnn3CC[C@@H](C)NC(=O)OC(C)(C)C)nc12. The number of nitrogens with one attached hydrogen (secondary N) is 1. The van der Waals surface area contributed by atoms with E-state index in [1.54, 1.807) is 23.8 Å². The van der Waals surface area contributed by atoms with Crippen molar-refractivity contribution in [1.29, 1.82) is 0 Å². The van der Waals surface area contributed by atoms with E-state index in [2.05, 4.69) is 25.6 Å². The molecule has 0 aromatic carbocycles. The molecule has 0 aliphatic carbocycles. The predicted octanol–water partition coefficient (Wildman–Crippen LogP) is 3.14. The summed E-state index contributed by atoms with van der Waals surface area (Å²) in [5.74, 6) is 0.315. The summed E-state index contributed by atoms with van der Waals surface area (Å²) < 4.78 is 14.0. The highest BCUT2D eigenvalue weighted by Crippen LogP contribution is 2.35. The van der Waals surface area contributed by atoms with Gasteiger partial charge in [0.05, 0.1) is 30.7 Å². The van der Waals surface area contributed by atoms with Gasteiger partial charge in [0.25, 0.3) is 0 Å². The van der Waals surface area contributed by atoms with Crippen molar-refractivity contribution >= 4 is 23.5 Å². The Hall–Kier alpha value is -3.70. The Morgan fingerprint density at radius 2 is 2.08 bits per heavy atom. The molecule has 1 N–H and O–H groups in total. The molecule has 0 bridgehead atoms. The molecule has 0 radical (unpaired) electrons. The van der Waals surface area contributed by atoms with Gasteiger partial charge in [-0.2, -0.15) is 5.10 Å². The molecule has 3 aromatic rings. The number of aromatic nitrogens is 6. The Morgan fingerprint density at radius 1 is 1.28 bits per heavy atom. The normalized spacial score (nSPS) is 16.8. The van der Waals surface area contributed by atoms with Gasteiger partial charge >= 0.3 is 12.1 Å². The van der Waals surface area contributed by atoms with E-state index >= 15 is 0 Å². The van der Waals surface area contributed by atoms with E-state index in [1.807, 2.05) is 38.4 Å². The standard InChI is InChI=1S/C24H34N8O4/c1-6-35-22(33)17-14-26-32-13-10-20(28-21(17)32)30-11-7-8-18(30)19-15-25-29-31(19)12-9-16(2)27-23(34)36-24(3,4)5/h10,13-16,18H,6-9,11-12H2,1-5H3,(H,27,34)/t16-,18-/m1/s1. The maximum Gasteiger partial charge on any atom is 0.407 e. The van der Waals surface area contributed by atoms with E-state index in [0.717, 1.165) is 30.9 Å². The molecule has 194 valence electrons. The Bertz CT molecular complexity index is 1210. The van der Waals surface area contributed by atoms with Crippen LogP contribution in [0, 0.1) is 0 Å². The van der Waals surface area contributed by atoms with Crippen molar-refractivity contribution in [2.75, 3.05) is 18.1 Å². The van der Waals surface area contributed by atoms with E-state index in [4.69, 9.17) is 14.5 Å². The molecule has 12 nitrogen and oxygen atoms in total. The minimum Gasteiger partial charge on any atom is -0.462 e. The Kier molecular flexibility index (Phi) is 7.41. The zero-order valence-electron chi connectivity index (χ0n) is 21.5. The van der Waals surface area contributed by atoms with Crippen molar-refractivity contribution in [2.24, 2.45) is 0 Å². The molecule has 3 aromatic heterocycles.